The number of halogens is 1. The highest BCUT2D eigenvalue weighted by Crippen LogP contribution is 2.48. The maximum absolute atomic E-state index is 9.90. The fourth-order valence-corrected chi connectivity index (χ4v) is 4.91. The topological polar surface area (TPSA) is 96.8 Å². The highest BCUT2D eigenvalue weighted by atomic mass is 35.5. The first-order valence-corrected chi connectivity index (χ1v) is 10.9. The molecule has 0 bridgehead atoms. The molecule has 1 aromatic carbocycles. The Balaban J connectivity index is 1.26. The average molecular weight is 443 g/mol. The lowest BCUT2D eigenvalue weighted by atomic mass is 9.95. The standard InChI is InChI=1S/C23H23ClN2O5/c24-14-7-15-16(8-19(25-15)31-18-10-30-21-17(28)9-29-22(18)21)26-20(14)12-1-3-13(4-2-12)23(11-27)5-6-23/h1-4,7-8,17-18,21-22,25,27-28H,5-6,9-11H2/t17-,18+,21+,22+/m0/s1. The molecule has 4 heterocycles. The molecule has 0 radical (unpaired) electrons. The van der Waals surface area contributed by atoms with Crippen molar-refractivity contribution in [3.63, 3.8) is 0 Å². The zero-order valence-corrected chi connectivity index (χ0v) is 17.5. The van der Waals surface area contributed by atoms with Gasteiger partial charge in [0.2, 0.25) is 0 Å². The second-order valence-electron chi connectivity index (χ2n) is 8.72. The van der Waals surface area contributed by atoms with Crippen LogP contribution >= 0.6 is 11.6 Å². The van der Waals surface area contributed by atoms with Crippen LogP contribution in [0.25, 0.3) is 22.3 Å². The third-order valence-electron chi connectivity index (χ3n) is 6.72. The van der Waals surface area contributed by atoms with Crippen LogP contribution in [0, 0.1) is 0 Å². The van der Waals surface area contributed by atoms with Crippen molar-refractivity contribution in [2.45, 2.75) is 42.7 Å². The molecule has 3 aromatic rings. The number of H-pyrrole nitrogens is 1. The van der Waals surface area contributed by atoms with Gasteiger partial charge in [0.15, 0.2) is 12.0 Å². The van der Waals surface area contributed by atoms with Gasteiger partial charge in [-0.1, -0.05) is 35.9 Å². The number of hydrogen-bond acceptors (Lipinski definition) is 6. The van der Waals surface area contributed by atoms with Gasteiger partial charge in [-0.3, -0.25) is 0 Å². The Hall–Kier alpha value is -2.16. The number of aliphatic hydroxyl groups is 2. The number of rotatable bonds is 5. The van der Waals surface area contributed by atoms with E-state index in [4.69, 9.17) is 30.8 Å². The van der Waals surface area contributed by atoms with Crippen LogP contribution in [0.2, 0.25) is 5.02 Å². The number of nitrogens with one attached hydrogen (secondary N) is 1. The van der Waals surface area contributed by atoms with Crippen LogP contribution in [-0.4, -0.2) is 64.4 Å². The van der Waals surface area contributed by atoms with Crippen molar-refractivity contribution in [1.29, 1.82) is 0 Å². The van der Waals surface area contributed by atoms with E-state index in [9.17, 15) is 10.2 Å². The highest BCUT2D eigenvalue weighted by molar-refractivity contribution is 6.33. The van der Waals surface area contributed by atoms with E-state index in [-0.39, 0.29) is 36.9 Å². The van der Waals surface area contributed by atoms with Gasteiger partial charge in [-0.05, 0) is 24.5 Å². The first kappa shape index (κ1) is 19.5. The number of benzene rings is 1. The van der Waals surface area contributed by atoms with Crippen molar-refractivity contribution < 1.29 is 24.4 Å². The van der Waals surface area contributed by atoms with Gasteiger partial charge < -0.3 is 29.4 Å². The maximum Gasteiger partial charge on any atom is 0.193 e. The van der Waals surface area contributed by atoms with Gasteiger partial charge in [0.05, 0.1) is 41.6 Å². The molecule has 7 nitrogen and oxygen atoms in total. The van der Waals surface area contributed by atoms with E-state index in [1.54, 1.807) is 0 Å². The molecule has 162 valence electrons. The fraction of sp³-hybridized carbons (Fsp3) is 0.435. The summed E-state index contributed by atoms with van der Waals surface area (Å²) in [6, 6.07) is 11.8. The summed E-state index contributed by atoms with van der Waals surface area (Å²) in [5, 5.41) is 20.1. The Kier molecular flexibility index (Phi) is 4.52. The number of hydrogen-bond donors (Lipinski definition) is 3. The molecule has 1 aliphatic carbocycles. The molecule has 2 saturated heterocycles. The first-order chi connectivity index (χ1) is 15.1. The zero-order valence-electron chi connectivity index (χ0n) is 16.8. The molecule has 0 amide bonds. The molecule has 2 aliphatic heterocycles. The van der Waals surface area contributed by atoms with Gasteiger partial charge in [-0.15, -0.1) is 0 Å². The van der Waals surface area contributed by atoms with Crippen LogP contribution in [0.4, 0.5) is 0 Å². The number of fused-ring (bicyclic) bond motifs is 2. The van der Waals surface area contributed by atoms with Crippen molar-refractivity contribution in [3.8, 4) is 17.1 Å². The molecule has 2 aromatic heterocycles. The highest BCUT2D eigenvalue weighted by Gasteiger charge is 2.48. The van der Waals surface area contributed by atoms with Gasteiger partial charge in [-0.2, -0.15) is 0 Å². The van der Waals surface area contributed by atoms with Crippen molar-refractivity contribution >= 4 is 22.6 Å². The van der Waals surface area contributed by atoms with Crippen LogP contribution in [0.3, 0.4) is 0 Å². The van der Waals surface area contributed by atoms with Crippen molar-refractivity contribution in [1.82, 2.24) is 9.97 Å². The van der Waals surface area contributed by atoms with Crippen molar-refractivity contribution in [2.75, 3.05) is 19.8 Å². The van der Waals surface area contributed by atoms with E-state index < -0.39 is 6.10 Å². The van der Waals surface area contributed by atoms with E-state index in [1.807, 2.05) is 24.3 Å². The summed E-state index contributed by atoms with van der Waals surface area (Å²) in [5.74, 6) is 0.559. The molecular formula is C23H23ClN2O5. The Labute approximate surface area is 183 Å². The van der Waals surface area contributed by atoms with Crippen LogP contribution < -0.4 is 4.74 Å². The van der Waals surface area contributed by atoms with Gasteiger partial charge in [0, 0.05) is 17.0 Å². The summed E-state index contributed by atoms with van der Waals surface area (Å²) in [6.45, 7) is 0.810. The molecule has 3 N–H and O–H groups in total. The van der Waals surface area contributed by atoms with E-state index in [2.05, 4.69) is 17.1 Å². The van der Waals surface area contributed by atoms with E-state index >= 15 is 0 Å². The second kappa shape index (κ2) is 7.18. The van der Waals surface area contributed by atoms with Crippen LogP contribution in [0.5, 0.6) is 5.88 Å². The lowest BCUT2D eigenvalue weighted by Crippen LogP contribution is -2.34. The third-order valence-corrected chi connectivity index (χ3v) is 7.01. The fourth-order valence-electron chi connectivity index (χ4n) is 4.65. The Bertz CT molecular complexity index is 1130. The van der Waals surface area contributed by atoms with Crippen LogP contribution in [-0.2, 0) is 14.9 Å². The normalized spacial score (nSPS) is 28.7. The van der Waals surface area contributed by atoms with Gasteiger partial charge >= 0.3 is 0 Å². The molecule has 0 unspecified atom stereocenters. The summed E-state index contributed by atoms with van der Waals surface area (Å²) >= 11 is 6.54. The summed E-state index contributed by atoms with van der Waals surface area (Å²) in [4.78, 5) is 7.96. The number of pyridine rings is 1. The molecule has 31 heavy (non-hydrogen) atoms. The van der Waals surface area contributed by atoms with Gasteiger partial charge in [0.1, 0.15) is 18.3 Å². The minimum atomic E-state index is -0.608. The molecule has 6 rings (SSSR count). The first-order valence-electron chi connectivity index (χ1n) is 10.6. The smallest absolute Gasteiger partial charge is 0.193 e. The molecule has 3 aliphatic rings. The van der Waals surface area contributed by atoms with Crippen LogP contribution in [0.1, 0.15) is 18.4 Å². The molecule has 0 spiro atoms. The molecular weight excluding hydrogens is 420 g/mol. The summed E-state index contributed by atoms with van der Waals surface area (Å²) < 4.78 is 17.3. The number of aromatic nitrogens is 2. The largest absolute Gasteiger partial charge is 0.470 e. The summed E-state index contributed by atoms with van der Waals surface area (Å²) in [7, 11) is 0. The van der Waals surface area contributed by atoms with Crippen molar-refractivity contribution in [3.05, 3.63) is 47.0 Å². The predicted octanol–water partition coefficient (Wildman–Crippen LogP) is 2.81. The third kappa shape index (κ3) is 3.23. The molecule has 1 saturated carbocycles. The van der Waals surface area contributed by atoms with Gasteiger partial charge in [0.25, 0.3) is 0 Å². The average Bonchev–Trinajstić information content (AvgIpc) is 3.12. The van der Waals surface area contributed by atoms with Gasteiger partial charge in [-0.25, -0.2) is 4.98 Å². The zero-order chi connectivity index (χ0) is 21.2. The number of aliphatic hydroxyl groups excluding tert-OH is 2. The Morgan fingerprint density at radius 1 is 1.13 bits per heavy atom. The summed E-state index contributed by atoms with van der Waals surface area (Å²) in [6.07, 6.45) is 0.537. The lowest BCUT2D eigenvalue weighted by Gasteiger charge is -2.16. The monoisotopic (exact) mass is 442 g/mol. The van der Waals surface area contributed by atoms with Crippen LogP contribution in [0.15, 0.2) is 36.4 Å². The van der Waals surface area contributed by atoms with Crippen molar-refractivity contribution in [2.24, 2.45) is 0 Å². The Morgan fingerprint density at radius 3 is 2.65 bits per heavy atom. The van der Waals surface area contributed by atoms with E-state index in [0.717, 1.165) is 35.0 Å². The minimum absolute atomic E-state index is 0.0609. The number of ether oxygens (including phenoxy) is 3. The van der Waals surface area contributed by atoms with E-state index in [0.29, 0.717) is 23.2 Å². The number of aromatic amines is 1. The maximum atomic E-state index is 9.90. The Morgan fingerprint density at radius 2 is 1.90 bits per heavy atom. The minimum Gasteiger partial charge on any atom is -0.470 e. The lowest BCUT2D eigenvalue weighted by molar-refractivity contribution is 0.00794. The summed E-state index contributed by atoms with van der Waals surface area (Å²) in [5.41, 5.74) is 4.25. The molecule has 4 atom stereocenters. The second-order valence-corrected chi connectivity index (χ2v) is 9.13. The SMILES string of the molecule is OCC1(c2ccc(-c3nc4cc(O[C@@H]5CO[C@H]6[C@@H]5OC[C@@H]6O)[nH]c4cc3Cl)cc2)CC1. The number of nitrogens with zero attached hydrogens (tertiary/aromatic N) is 1. The molecule has 3 fully saturated rings. The van der Waals surface area contributed by atoms with E-state index in [1.165, 1.54) is 0 Å². The predicted molar refractivity (Wildman–Crippen MR) is 114 cm³/mol. The molecule has 8 heteroatoms. The quantitative estimate of drug-likeness (QED) is 0.562.